The molecule has 3 atom stereocenters. The molecule has 0 bridgehead atoms. The fourth-order valence-electron chi connectivity index (χ4n) is 3.21. The van der Waals surface area contributed by atoms with Crippen LogP contribution in [0, 0.1) is 23.7 Å². The molecule has 1 saturated carbocycles. The predicted molar refractivity (Wildman–Crippen MR) is 56.3 cm³/mol. The van der Waals surface area contributed by atoms with Crippen LogP contribution < -0.4 is 0 Å². The number of ether oxygens (including phenoxy) is 1. The molecule has 0 aromatic rings. The summed E-state index contributed by atoms with van der Waals surface area (Å²) < 4.78 is 5.32. The van der Waals surface area contributed by atoms with E-state index in [0.717, 1.165) is 26.3 Å². The Morgan fingerprint density at radius 2 is 2.07 bits per heavy atom. The van der Waals surface area contributed by atoms with E-state index in [2.05, 4.69) is 11.8 Å². The van der Waals surface area contributed by atoms with Gasteiger partial charge in [0, 0.05) is 19.0 Å². The van der Waals surface area contributed by atoms with E-state index in [9.17, 15) is 4.79 Å². The Morgan fingerprint density at radius 1 is 1.33 bits per heavy atom. The van der Waals surface area contributed by atoms with Crippen LogP contribution in [0.5, 0.6) is 0 Å². The lowest BCUT2D eigenvalue weighted by molar-refractivity contribution is -0.135. The zero-order chi connectivity index (χ0) is 10.4. The fraction of sp³-hybridized carbons (Fsp3) is 0.917. The Labute approximate surface area is 90.8 Å². The van der Waals surface area contributed by atoms with Crippen LogP contribution in [0.25, 0.3) is 0 Å². The summed E-state index contributed by atoms with van der Waals surface area (Å²) >= 11 is 0. The second-order valence-corrected chi connectivity index (χ2v) is 5.42. The molecule has 0 aromatic heterocycles. The van der Waals surface area contributed by atoms with Gasteiger partial charge in [-0.3, -0.25) is 4.79 Å². The van der Waals surface area contributed by atoms with Crippen molar-refractivity contribution >= 4 is 5.91 Å². The summed E-state index contributed by atoms with van der Waals surface area (Å²) in [6.45, 7) is 5.86. The van der Waals surface area contributed by atoms with Crippen molar-refractivity contribution in [3.8, 4) is 0 Å². The largest absolute Gasteiger partial charge is 0.381 e. The molecule has 1 amide bonds. The third-order valence-corrected chi connectivity index (χ3v) is 4.21. The summed E-state index contributed by atoms with van der Waals surface area (Å²) in [5.74, 6) is 2.56. The van der Waals surface area contributed by atoms with Crippen LogP contribution in [0.2, 0.25) is 0 Å². The summed E-state index contributed by atoms with van der Waals surface area (Å²) in [6, 6.07) is 0. The lowest BCUT2D eigenvalue weighted by Crippen LogP contribution is -2.40. The fourth-order valence-corrected chi connectivity index (χ4v) is 3.21. The molecule has 3 heteroatoms. The van der Waals surface area contributed by atoms with Gasteiger partial charge in [-0.2, -0.15) is 0 Å². The van der Waals surface area contributed by atoms with E-state index in [1.54, 1.807) is 0 Å². The highest BCUT2D eigenvalue weighted by Gasteiger charge is 2.58. The molecule has 2 heterocycles. The number of hydrogen-bond donors (Lipinski definition) is 0. The van der Waals surface area contributed by atoms with Crippen LogP contribution in [-0.4, -0.2) is 37.1 Å². The van der Waals surface area contributed by atoms with Crippen molar-refractivity contribution < 1.29 is 9.53 Å². The van der Waals surface area contributed by atoms with E-state index >= 15 is 0 Å². The van der Waals surface area contributed by atoms with Gasteiger partial charge in [-0.25, -0.2) is 0 Å². The molecule has 2 unspecified atom stereocenters. The number of likely N-dealkylation sites (tertiary alicyclic amines) is 1. The Hall–Kier alpha value is -0.570. The Balaban J connectivity index is 1.60. The minimum Gasteiger partial charge on any atom is -0.381 e. The molecule has 3 aliphatic rings. The molecule has 1 aliphatic carbocycles. The van der Waals surface area contributed by atoms with Crippen molar-refractivity contribution in [3.05, 3.63) is 0 Å². The third-order valence-electron chi connectivity index (χ3n) is 4.21. The van der Waals surface area contributed by atoms with Gasteiger partial charge in [-0.15, -0.1) is 0 Å². The standard InChI is InChI=1S/C12H19NO2/c1-8-3-2-4-13(5-8)12(14)11-9-6-15-7-10(9)11/h8-11H,2-7H2,1H3/t8-,9?,10?,11?/m1/s1. The zero-order valence-electron chi connectivity index (χ0n) is 9.32. The molecular formula is C12H19NO2. The molecule has 3 rings (SSSR count). The monoisotopic (exact) mass is 209 g/mol. The SMILES string of the molecule is C[C@@H]1CCCN(C(=O)C2C3COCC32)C1. The number of fused-ring (bicyclic) bond motifs is 1. The normalized spacial score (nSPS) is 43.9. The first-order chi connectivity index (χ1) is 7.27. The molecule has 2 saturated heterocycles. The van der Waals surface area contributed by atoms with Crippen LogP contribution in [0.15, 0.2) is 0 Å². The summed E-state index contributed by atoms with van der Waals surface area (Å²) in [4.78, 5) is 14.3. The number of hydrogen-bond acceptors (Lipinski definition) is 2. The first-order valence-corrected chi connectivity index (χ1v) is 6.14. The maximum Gasteiger partial charge on any atom is 0.226 e. The van der Waals surface area contributed by atoms with E-state index < -0.39 is 0 Å². The number of nitrogens with zero attached hydrogens (tertiary/aromatic N) is 1. The summed E-state index contributed by atoms with van der Waals surface area (Å²) in [7, 11) is 0. The lowest BCUT2D eigenvalue weighted by Gasteiger charge is -2.31. The van der Waals surface area contributed by atoms with Gasteiger partial charge in [0.15, 0.2) is 0 Å². The van der Waals surface area contributed by atoms with Gasteiger partial charge < -0.3 is 9.64 Å². The first-order valence-electron chi connectivity index (χ1n) is 6.14. The van der Waals surface area contributed by atoms with Crippen molar-refractivity contribution in [1.82, 2.24) is 4.90 Å². The van der Waals surface area contributed by atoms with Gasteiger partial charge in [0.05, 0.1) is 13.2 Å². The Bertz CT molecular complexity index is 269. The van der Waals surface area contributed by atoms with Gasteiger partial charge in [0.1, 0.15) is 0 Å². The predicted octanol–water partition coefficient (Wildman–Crippen LogP) is 1.14. The average Bonchev–Trinajstić information content (AvgIpc) is 2.70. The van der Waals surface area contributed by atoms with E-state index in [1.807, 2.05) is 0 Å². The summed E-state index contributed by atoms with van der Waals surface area (Å²) in [6.07, 6.45) is 2.47. The maximum atomic E-state index is 12.2. The molecule has 2 aliphatic heterocycles. The first kappa shape index (κ1) is 9.64. The second kappa shape index (κ2) is 3.48. The van der Waals surface area contributed by atoms with Crippen LogP contribution >= 0.6 is 0 Å². The number of carbonyl (C=O) groups excluding carboxylic acids is 1. The number of carbonyl (C=O) groups is 1. The molecule has 3 nitrogen and oxygen atoms in total. The molecule has 84 valence electrons. The van der Waals surface area contributed by atoms with Gasteiger partial charge in [-0.1, -0.05) is 6.92 Å². The molecule has 0 radical (unpaired) electrons. The molecule has 0 spiro atoms. The topological polar surface area (TPSA) is 29.5 Å². The minimum absolute atomic E-state index is 0.323. The Kier molecular flexibility index (Phi) is 2.23. The second-order valence-electron chi connectivity index (χ2n) is 5.42. The van der Waals surface area contributed by atoms with E-state index in [0.29, 0.717) is 29.6 Å². The van der Waals surface area contributed by atoms with Gasteiger partial charge in [0.25, 0.3) is 0 Å². The van der Waals surface area contributed by atoms with E-state index in [4.69, 9.17) is 4.74 Å². The molecular weight excluding hydrogens is 190 g/mol. The van der Waals surface area contributed by atoms with Crippen LogP contribution in [0.3, 0.4) is 0 Å². The molecule has 0 N–H and O–H groups in total. The molecule has 3 fully saturated rings. The third kappa shape index (κ3) is 1.57. The lowest BCUT2D eigenvalue weighted by atomic mass is 10.00. The highest BCUT2D eigenvalue weighted by Crippen LogP contribution is 2.51. The quantitative estimate of drug-likeness (QED) is 0.648. The van der Waals surface area contributed by atoms with Crippen molar-refractivity contribution in [1.29, 1.82) is 0 Å². The molecule has 0 aromatic carbocycles. The van der Waals surface area contributed by atoms with Crippen molar-refractivity contribution in [3.63, 3.8) is 0 Å². The van der Waals surface area contributed by atoms with Crippen molar-refractivity contribution in [2.75, 3.05) is 26.3 Å². The van der Waals surface area contributed by atoms with E-state index in [1.165, 1.54) is 12.8 Å². The van der Waals surface area contributed by atoms with Crippen LogP contribution in [0.1, 0.15) is 19.8 Å². The highest BCUT2D eigenvalue weighted by atomic mass is 16.5. The average molecular weight is 209 g/mol. The smallest absolute Gasteiger partial charge is 0.226 e. The van der Waals surface area contributed by atoms with Crippen molar-refractivity contribution in [2.24, 2.45) is 23.7 Å². The van der Waals surface area contributed by atoms with Crippen molar-refractivity contribution in [2.45, 2.75) is 19.8 Å². The number of rotatable bonds is 1. The van der Waals surface area contributed by atoms with Crippen LogP contribution in [0.4, 0.5) is 0 Å². The minimum atomic E-state index is 0.323. The van der Waals surface area contributed by atoms with Gasteiger partial charge in [0.2, 0.25) is 5.91 Å². The van der Waals surface area contributed by atoms with Crippen LogP contribution in [-0.2, 0) is 9.53 Å². The Morgan fingerprint density at radius 3 is 2.73 bits per heavy atom. The van der Waals surface area contributed by atoms with Gasteiger partial charge >= 0.3 is 0 Å². The number of piperidine rings is 1. The maximum absolute atomic E-state index is 12.2. The van der Waals surface area contributed by atoms with E-state index in [-0.39, 0.29) is 0 Å². The summed E-state index contributed by atoms with van der Waals surface area (Å²) in [5, 5.41) is 0. The molecule has 15 heavy (non-hydrogen) atoms. The highest BCUT2D eigenvalue weighted by molar-refractivity contribution is 5.82. The van der Waals surface area contributed by atoms with Gasteiger partial charge in [-0.05, 0) is 30.6 Å². The zero-order valence-corrected chi connectivity index (χ0v) is 9.32. The summed E-state index contributed by atoms with van der Waals surface area (Å²) in [5.41, 5.74) is 0. The number of amides is 1.